The molecule has 2 heterocycles. The molecular formula is C22H29ClIN3O2. The smallest absolute Gasteiger partial charge is 0.191 e. The molecule has 0 amide bonds. The normalized spacial score (nSPS) is 20.2. The molecule has 2 aromatic rings. The van der Waals surface area contributed by atoms with Gasteiger partial charge in [0.25, 0.3) is 0 Å². The van der Waals surface area contributed by atoms with Crippen LogP contribution in [0.1, 0.15) is 30.6 Å². The van der Waals surface area contributed by atoms with E-state index in [0.29, 0.717) is 5.92 Å². The highest BCUT2D eigenvalue weighted by Crippen LogP contribution is 2.50. The topological polar surface area (TPSA) is 58.8 Å². The molecule has 2 N–H and O–H groups in total. The Labute approximate surface area is 194 Å². The van der Waals surface area contributed by atoms with Crippen molar-refractivity contribution in [1.29, 1.82) is 0 Å². The lowest BCUT2D eigenvalue weighted by Crippen LogP contribution is -2.41. The van der Waals surface area contributed by atoms with Crippen LogP contribution in [-0.2, 0) is 16.6 Å². The molecule has 2 aliphatic rings. The number of hydrogen-bond donors (Lipinski definition) is 2. The van der Waals surface area contributed by atoms with Gasteiger partial charge in [-0.2, -0.15) is 0 Å². The van der Waals surface area contributed by atoms with Gasteiger partial charge in [0.05, 0.1) is 19.4 Å². The van der Waals surface area contributed by atoms with Crippen LogP contribution in [0.25, 0.3) is 0 Å². The van der Waals surface area contributed by atoms with E-state index in [1.165, 1.54) is 5.56 Å². The predicted octanol–water partition coefficient (Wildman–Crippen LogP) is 4.40. The van der Waals surface area contributed by atoms with Gasteiger partial charge in [0, 0.05) is 42.5 Å². The number of rotatable bonds is 8. The highest BCUT2D eigenvalue weighted by molar-refractivity contribution is 14.0. The number of hydrogen-bond acceptors (Lipinski definition) is 3. The quantitative estimate of drug-likeness (QED) is 0.302. The molecule has 1 aromatic heterocycles. The highest BCUT2D eigenvalue weighted by Gasteiger charge is 2.45. The van der Waals surface area contributed by atoms with Crippen LogP contribution in [0, 0.1) is 5.92 Å². The van der Waals surface area contributed by atoms with Crippen molar-refractivity contribution in [1.82, 2.24) is 10.6 Å². The minimum absolute atomic E-state index is 0. The highest BCUT2D eigenvalue weighted by atomic mass is 127. The Kier molecular flexibility index (Phi) is 8.26. The average molecular weight is 530 g/mol. The van der Waals surface area contributed by atoms with Gasteiger partial charge in [-0.15, -0.1) is 24.0 Å². The second-order valence-electron chi connectivity index (χ2n) is 7.79. The van der Waals surface area contributed by atoms with Crippen molar-refractivity contribution in [3.05, 3.63) is 59.0 Å². The Hall–Kier alpha value is -1.25. The van der Waals surface area contributed by atoms with E-state index < -0.39 is 0 Å². The molecule has 0 radical (unpaired) electrons. The standard InChI is InChI=1S/C22H28ClN3O2.HI/c23-20-6-2-1-5-19(20)22(9-10-22)16-26-21(25-14-17-8-13-27-15-17)24-11-7-18-4-3-12-28-18;/h1-6,12,17H,7-11,13-16H2,(H2,24,25,26);1H. The fourth-order valence-corrected chi connectivity index (χ4v) is 4.04. The Bertz CT molecular complexity index is 787. The lowest BCUT2D eigenvalue weighted by atomic mass is 9.96. The summed E-state index contributed by atoms with van der Waals surface area (Å²) in [5, 5.41) is 7.80. The Morgan fingerprint density at radius 3 is 2.72 bits per heavy atom. The molecule has 2 fully saturated rings. The van der Waals surface area contributed by atoms with Crippen molar-refractivity contribution < 1.29 is 9.15 Å². The van der Waals surface area contributed by atoms with Gasteiger partial charge in [-0.1, -0.05) is 29.8 Å². The number of ether oxygens (including phenoxy) is 1. The summed E-state index contributed by atoms with van der Waals surface area (Å²) in [7, 11) is 0. The number of guanidine groups is 1. The van der Waals surface area contributed by atoms with Crippen LogP contribution in [0.4, 0.5) is 0 Å². The summed E-state index contributed by atoms with van der Waals surface area (Å²) in [4.78, 5) is 4.92. The monoisotopic (exact) mass is 529 g/mol. The molecule has 158 valence electrons. The molecule has 1 aliphatic heterocycles. The van der Waals surface area contributed by atoms with Gasteiger partial charge in [-0.3, -0.25) is 4.99 Å². The summed E-state index contributed by atoms with van der Waals surface area (Å²) in [6.07, 6.45) is 5.92. The van der Waals surface area contributed by atoms with Gasteiger partial charge in [0.1, 0.15) is 5.76 Å². The lowest BCUT2D eigenvalue weighted by Gasteiger charge is -2.18. The molecule has 0 spiro atoms. The molecule has 5 nitrogen and oxygen atoms in total. The molecule has 1 unspecified atom stereocenters. The number of aliphatic imine (C=N–C) groups is 1. The third-order valence-corrected chi connectivity index (χ3v) is 5.99. The SMILES string of the molecule is Clc1ccccc1C1(CN=C(NCCc2ccco2)NCC2CCOC2)CC1.I. The second-order valence-corrected chi connectivity index (χ2v) is 8.20. The van der Waals surface area contributed by atoms with Crippen molar-refractivity contribution in [2.75, 3.05) is 32.8 Å². The minimum atomic E-state index is 0. The summed E-state index contributed by atoms with van der Waals surface area (Å²) in [6, 6.07) is 12.1. The third kappa shape index (κ3) is 6.12. The first-order valence-corrected chi connectivity index (χ1v) is 10.5. The van der Waals surface area contributed by atoms with Gasteiger partial charge in [0.15, 0.2) is 5.96 Å². The third-order valence-electron chi connectivity index (χ3n) is 5.66. The molecule has 1 saturated heterocycles. The van der Waals surface area contributed by atoms with Crippen LogP contribution in [0.5, 0.6) is 0 Å². The summed E-state index contributed by atoms with van der Waals surface area (Å²) in [5.41, 5.74) is 1.31. The fourth-order valence-electron chi connectivity index (χ4n) is 3.70. The summed E-state index contributed by atoms with van der Waals surface area (Å²) >= 11 is 6.45. The maximum atomic E-state index is 6.45. The molecule has 1 atom stereocenters. The number of nitrogens with zero attached hydrogens (tertiary/aromatic N) is 1. The van der Waals surface area contributed by atoms with Crippen LogP contribution in [0.3, 0.4) is 0 Å². The Morgan fingerprint density at radius 1 is 1.17 bits per heavy atom. The number of furan rings is 1. The summed E-state index contributed by atoms with van der Waals surface area (Å²) in [5.74, 6) is 2.39. The van der Waals surface area contributed by atoms with Gasteiger partial charge < -0.3 is 19.8 Å². The van der Waals surface area contributed by atoms with Crippen molar-refractivity contribution in [3.8, 4) is 0 Å². The summed E-state index contributed by atoms with van der Waals surface area (Å²) in [6.45, 7) is 4.09. The summed E-state index contributed by atoms with van der Waals surface area (Å²) < 4.78 is 10.9. The number of halogens is 2. The zero-order valence-electron chi connectivity index (χ0n) is 16.5. The maximum absolute atomic E-state index is 6.45. The molecule has 7 heteroatoms. The first-order chi connectivity index (χ1) is 13.8. The fraction of sp³-hybridized carbons (Fsp3) is 0.500. The van der Waals surface area contributed by atoms with Crippen molar-refractivity contribution in [2.45, 2.75) is 31.1 Å². The van der Waals surface area contributed by atoms with Gasteiger partial charge in [-0.05, 0) is 43.0 Å². The van der Waals surface area contributed by atoms with Gasteiger partial charge >= 0.3 is 0 Å². The number of nitrogens with one attached hydrogen (secondary N) is 2. The van der Waals surface area contributed by atoms with Crippen molar-refractivity contribution in [3.63, 3.8) is 0 Å². The second kappa shape index (κ2) is 10.7. The first kappa shape index (κ1) is 22.4. The molecule has 29 heavy (non-hydrogen) atoms. The van der Waals surface area contributed by atoms with Gasteiger partial charge in [-0.25, -0.2) is 0 Å². The lowest BCUT2D eigenvalue weighted by molar-refractivity contribution is 0.186. The molecule has 1 aromatic carbocycles. The minimum Gasteiger partial charge on any atom is -0.469 e. The Morgan fingerprint density at radius 2 is 2.03 bits per heavy atom. The predicted molar refractivity (Wildman–Crippen MR) is 127 cm³/mol. The average Bonchev–Trinajstić information content (AvgIpc) is 3.10. The van der Waals surface area contributed by atoms with Crippen molar-refractivity contribution >= 4 is 41.5 Å². The molecule has 0 bridgehead atoms. The number of benzene rings is 1. The van der Waals surface area contributed by atoms with Gasteiger partial charge in [0.2, 0.25) is 0 Å². The van der Waals surface area contributed by atoms with E-state index in [-0.39, 0.29) is 29.4 Å². The van der Waals surface area contributed by atoms with E-state index in [4.69, 9.17) is 25.7 Å². The largest absolute Gasteiger partial charge is 0.469 e. The first-order valence-electron chi connectivity index (χ1n) is 10.1. The van der Waals surface area contributed by atoms with Crippen LogP contribution >= 0.6 is 35.6 Å². The van der Waals surface area contributed by atoms with E-state index in [0.717, 1.165) is 75.3 Å². The van der Waals surface area contributed by atoms with E-state index in [9.17, 15) is 0 Å². The molecule has 1 aliphatic carbocycles. The van der Waals surface area contributed by atoms with E-state index >= 15 is 0 Å². The molecular weight excluding hydrogens is 501 g/mol. The maximum Gasteiger partial charge on any atom is 0.191 e. The van der Waals surface area contributed by atoms with Crippen molar-refractivity contribution in [2.24, 2.45) is 10.9 Å². The van der Waals surface area contributed by atoms with E-state index in [1.54, 1.807) is 6.26 Å². The van der Waals surface area contributed by atoms with Crippen LogP contribution in [-0.4, -0.2) is 38.8 Å². The molecule has 1 saturated carbocycles. The van der Waals surface area contributed by atoms with Crippen LogP contribution in [0.2, 0.25) is 5.02 Å². The zero-order valence-corrected chi connectivity index (χ0v) is 19.6. The zero-order chi connectivity index (χ0) is 19.2. The Balaban J connectivity index is 0.00000240. The molecule has 4 rings (SSSR count). The van der Waals surface area contributed by atoms with Crippen LogP contribution < -0.4 is 10.6 Å². The van der Waals surface area contributed by atoms with E-state index in [2.05, 4.69) is 22.8 Å². The van der Waals surface area contributed by atoms with Crippen LogP contribution in [0.15, 0.2) is 52.1 Å². The van der Waals surface area contributed by atoms with E-state index in [1.807, 2.05) is 24.3 Å².